The third kappa shape index (κ3) is 4.08. The number of amides is 2. The number of anilines is 1. The predicted octanol–water partition coefficient (Wildman–Crippen LogP) is 3.24. The van der Waals surface area contributed by atoms with Crippen molar-refractivity contribution in [3.8, 4) is 5.82 Å². The van der Waals surface area contributed by atoms with Crippen molar-refractivity contribution in [2.45, 2.75) is 6.54 Å². The highest BCUT2D eigenvalue weighted by molar-refractivity contribution is 6.30. The van der Waals surface area contributed by atoms with Crippen LogP contribution in [0.25, 0.3) is 5.82 Å². The summed E-state index contributed by atoms with van der Waals surface area (Å²) >= 11 is 5.80. The Kier molecular flexibility index (Phi) is 4.54. The Labute approximate surface area is 138 Å². The number of imidazole rings is 1. The van der Waals surface area contributed by atoms with Crippen molar-refractivity contribution >= 4 is 23.3 Å². The molecule has 1 aromatic carbocycles. The molecule has 116 valence electrons. The molecule has 0 bridgehead atoms. The van der Waals surface area contributed by atoms with Crippen molar-refractivity contribution in [3.63, 3.8) is 0 Å². The lowest BCUT2D eigenvalue weighted by Crippen LogP contribution is -2.28. The van der Waals surface area contributed by atoms with Crippen LogP contribution in [0.3, 0.4) is 0 Å². The number of nitrogens with zero attached hydrogens (tertiary/aromatic N) is 3. The minimum atomic E-state index is -0.286. The van der Waals surface area contributed by atoms with Crippen molar-refractivity contribution in [2.75, 3.05) is 5.32 Å². The van der Waals surface area contributed by atoms with E-state index in [0.29, 0.717) is 17.3 Å². The van der Waals surface area contributed by atoms with Crippen LogP contribution < -0.4 is 10.6 Å². The monoisotopic (exact) mass is 327 g/mol. The quantitative estimate of drug-likeness (QED) is 0.772. The summed E-state index contributed by atoms with van der Waals surface area (Å²) in [4.78, 5) is 20.1. The van der Waals surface area contributed by atoms with Gasteiger partial charge in [0.05, 0.1) is 0 Å². The first-order chi connectivity index (χ1) is 11.2. The van der Waals surface area contributed by atoms with Gasteiger partial charge in [0, 0.05) is 35.8 Å². The van der Waals surface area contributed by atoms with Crippen molar-refractivity contribution in [3.05, 3.63) is 71.9 Å². The molecule has 0 saturated carbocycles. The van der Waals surface area contributed by atoms with Gasteiger partial charge in [0.2, 0.25) is 0 Å². The van der Waals surface area contributed by atoms with Crippen molar-refractivity contribution in [1.29, 1.82) is 0 Å². The molecular weight excluding hydrogens is 314 g/mol. The molecule has 3 aromatic rings. The van der Waals surface area contributed by atoms with Crippen LogP contribution in [-0.4, -0.2) is 20.6 Å². The molecule has 7 heteroatoms. The lowest BCUT2D eigenvalue weighted by atomic mass is 10.3. The second-order valence-electron chi connectivity index (χ2n) is 4.81. The Morgan fingerprint density at radius 1 is 1.17 bits per heavy atom. The van der Waals surface area contributed by atoms with Crippen molar-refractivity contribution < 1.29 is 4.79 Å². The van der Waals surface area contributed by atoms with Gasteiger partial charge >= 0.3 is 6.03 Å². The molecule has 0 spiro atoms. The fourth-order valence-corrected chi connectivity index (χ4v) is 2.09. The molecule has 0 aliphatic rings. The summed E-state index contributed by atoms with van der Waals surface area (Å²) in [7, 11) is 0. The fraction of sp³-hybridized carbons (Fsp3) is 0.0625. The third-order valence-corrected chi connectivity index (χ3v) is 3.39. The van der Waals surface area contributed by atoms with E-state index < -0.39 is 0 Å². The number of nitrogens with one attached hydrogen (secondary N) is 2. The molecule has 2 amide bonds. The number of halogens is 1. The van der Waals surface area contributed by atoms with Gasteiger partial charge in [-0.2, -0.15) is 0 Å². The molecule has 0 aliphatic heterocycles. The number of pyridine rings is 1. The normalized spacial score (nSPS) is 10.3. The maximum absolute atomic E-state index is 11.8. The summed E-state index contributed by atoms with van der Waals surface area (Å²) in [6.45, 7) is 0.386. The van der Waals surface area contributed by atoms with E-state index in [0.717, 1.165) is 11.4 Å². The molecule has 0 saturated heterocycles. The van der Waals surface area contributed by atoms with Gasteiger partial charge in [0.1, 0.15) is 12.1 Å². The van der Waals surface area contributed by atoms with Crippen molar-refractivity contribution in [1.82, 2.24) is 19.9 Å². The first kappa shape index (κ1) is 15.1. The number of benzene rings is 1. The zero-order valence-corrected chi connectivity index (χ0v) is 12.9. The molecule has 2 aromatic heterocycles. The van der Waals surface area contributed by atoms with Gasteiger partial charge in [-0.05, 0) is 35.9 Å². The predicted molar refractivity (Wildman–Crippen MR) is 88.7 cm³/mol. The summed E-state index contributed by atoms with van der Waals surface area (Å²) in [5.74, 6) is 0.775. The van der Waals surface area contributed by atoms with Gasteiger partial charge in [0.25, 0.3) is 0 Å². The molecule has 2 heterocycles. The molecule has 0 unspecified atom stereocenters. The topological polar surface area (TPSA) is 71.8 Å². The number of carbonyl (C=O) groups excluding carboxylic acids is 1. The van der Waals surface area contributed by atoms with E-state index in [-0.39, 0.29) is 6.03 Å². The lowest BCUT2D eigenvalue weighted by molar-refractivity contribution is 0.251. The van der Waals surface area contributed by atoms with Crippen LogP contribution in [0.15, 0.2) is 61.3 Å². The van der Waals surface area contributed by atoms with E-state index in [4.69, 9.17) is 11.6 Å². The minimum Gasteiger partial charge on any atom is -0.334 e. The largest absolute Gasteiger partial charge is 0.334 e. The fourth-order valence-electron chi connectivity index (χ4n) is 1.96. The van der Waals surface area contributed by atoms with E-state index in [1.54, 1.807) is 43.0 Å². The summed E-state index contributed by atoms with van der Waals surface area (Å²) in [6, 6.07) is 10.4. The number of carbonyl (C=O) groups is 1. The van der Waals surface area contributed by atoms with Crippen LogP contribution in [-0.2, 0) is 6.54 Å². The zero-order valence-electron chi connectivity index (χ0n) is 12.1. The maximum Gasteiger partial charge on any atom is 0.319 e. The Balaban J connectivity index is 1.53. The van der Waals surface area contributed by atoms with Crippen molar-refractivity contribution in [2.24, 2.45) is 0 Å². The van der Waals surface area contributed by atoms with E-state index in [1.165, 1.54) is 0 Å². The van der Waals surface area contributed by atoms with E-state index in [2.05, 4.69) is 20.6 Å². The number of hydrogen-bond acceptors (Lipinski definition) is 3. The minimum absolute atomic E-state index is 0.286. The first-order valence-corrected chi connectivity index (χ1v) is 7.32. The molecule has 0 aliphatic carbocycles. The smallest absolute Gasteiger partial charge is 0.319 e. The van der Waals surface area contributed by atoms with Crippen LogP contribution in [0, 0.1) is 0 Å². The van der Waals surface area contributed by atoms with E-state index >= 15 is 0 Å². The average Bonchev–Trinajstić information content (AvgIpc) is 3.10. The first-order valence-electron chi connectivity index (χ1n) is 6.94. The van der Waals surface area contributed by atoms with E-state index in [9.17, 15) is 4.79 Å². The van der Waals surface area contributed by atoms with Crippen LogP contribution in [0.1, 0.15) is 5.56 Å². The highest BCUT2D eigenvalue weighted by atomic mass is 35.5. The zero-order chi connectivity index (χ0) is 16.1. The van der Waals surface area contributed by atoms with E-state index in [1.807, 2.05) is 22.9 Å². The van der Waals surface area contributed by atoms with Gasteiger partial charge in [0.15, 0.2) is 0 Å². The molecule has 0 fully saturated rings. The molecule has 23 heavy (non-hydrogen) atoms. The van der Waals surface area contributed by atoms with Crippen LogP contribution in [0.2, 0.25) is 5.02 Å². The Bertz CT molecular complexity index is 769. The highest BCUT2D eigenvalue weighted by Gasteiger charge is 2.03. The van der Waals surface area contributed by atoms with Crippen LogP contribution in [0.5, 0.6) is 0 Å². The molecule has 6 nitrogen and oxygen atoms in total. The number of hydrogen-bond donors (Lipinski definition) is 2. The molecule has 0 atom stereocenters. The third-order valence-electron chi connectivity index (χ3n) is 3.13. The van der Waals surface area contributed by atoms with Gasteiger partial charge in [-0.1, -0.05) is 17.7 Å². The second-order valence-corrected chi connectivity index (χ2v) is 5.25. The Morgan fingerprint density at radius 2 is 2.00 bits per heavy atom. The maximum atomic E-state index is 11.8. The number of urea groups is 1. The molecule has 3 rings (SSSR count). The van der Waals surface area contributed by atoms with Crippen LogP contribution >= 0.6 is 11.6 Å². The average molecular weight is 328 g/mol. The summed E-state index contributed by atoms with van der Waals surface area (Å²) < 4.78 is 1.81. The standard InChI is InChI=1S/C16H14ClN5O/c17-13-2-4-14(5-3-13)21-16(23)20-10-12-1-6-15(19-9-12)22-8-7-18-11-22/h1-9,11H,10H2,(H2,20,21,23). The highest BCUT2D eigenvalue weighted by Crippen LogP contribution is 2.13. The number of aromatic nitrogens is 3. The SMILES string of the molecule is O=C(NCc1ccc(-n2ccnc2)nc1)Nc1ccc(Cl)cc1. The summed E-state index contributed by atoms with van der Waals surface area (Å²) in [5.41, 5.74) is 1.58. The molecular formula is C16H14ClN5O. The number of rotatable bonds is 4. The lowest BCUT2D eigenvalue weighted by Gasteiger charge is -2.08. The molecule has 0 radical (unpaired) electrons. The second kappa shape index (κ2) is 6.93. The van der Waals surface area contributed by atoms with Gasteiger partial charge in [-0.3, -0.25) is 4.57 Å². The van der Waals surface area contributed by atoms with Gasteiger partial charge in [-0.25, -0.2) is 14.8 Å². The Morgan fingerprint density at radius 3 is 2.65 bits per heavy atom. The van der Waals surface area contributed by atoms with Crippen LogP contribution in [0.4, 0.5) is 10.5 Å². The Hall–Kier alpha value is -2.86. The molecule has 2 N–H and O–H groups in total. The summed E-state index contributed by atoms with van der Waals surface area (Å²) in [6.07, 6.45) is 6.91. The summed E-state index contributed by atoms with van der Waals surface area (Å²) in [5, 5.41) is 6.13. The van der Waals surface area contributed by atoms with Gasteiger partial charge in [-0.15, -0.1) is 0 Å². The van der Waals surface area contributed by atoms with Gasteiger partial charge < -0.3 is 10.6 Å².